The van der Waals surface area contributed by atoms with E-state index in [1.807, 2.05) is 0 Å². The molecule has 3 nitrogen and oxygen atoms in total. The Morgan fingerprint density at radius 1 is 1.09 bits per heavy atom. The third-order valence-corrected chi connectivity index (χ3v) is 10.9. The monoisotopic (exact) mass is 326 g/mol. The Labute approximate surface area is 137 Å². The fourth-order valence-corrected chi connectivity index (χ4v) is 4.59. The molecule has 0 N–H and O–H groups in total. The minimum absolute atomic E-state index is 0.104. The second-order valence-corrected chi connectivity index (χ2v) is 13.7. The average molecular weight is 327 g/mol. The summed E-state index contributed by atoms with van der Waals surface area (Å²) in [5, 5.41) is 0.207. The molecule has 0 unspecified atom stereocenters. The molecule has 0 aromatic heterocycles. The van der Waals surface area contributed by atoms with E-state index >= 15 is 0 Å². The van der Waals surface area contributed by atoms with Gasteiger partial charge in [0.2, 0.25) is 0 Å². The molecule has 128 valence electrons. The number of rotatable bonds is 2. The van der Waals surface area contributed by atoms with E-state index in [2.05, 4.69) is 61.6 Å². The molecule has 1 heterocycles. The second kappa shape index (κ2) is 5.44. The molecule has 2 rings (SSSR count). The molecule has 22 heavy (non-hydrogen) atoms. The Kier molecular flexibility index (Phi) is 4.49. The van der Waals surface area contributed by atoms with E-state index < -0.39 is 14.1 Å². The van der Waals surface area contributed by atoms with Crippen LogP contribution in [0.25, 0.3) is 0 Å². The minimum atomic E-state index is -1.82. The zero-order valence-corrected chi connectivity index (χ0v) is 16.9. The zero-order chi connectivity index (χ0) is 17.0. The van der Waals surface area contributed by atoms with Gasteiger partial charge in [-0.1, -0.05) is 40.2 Å². The summed E-state index contributed by atoms with van der Waals surface area (Å²) in [5.41, 5.74) is 2.60. The first-order valence-electron chi connectivity index (χ1n) is 8.48. The highest BCUT2D eigenvalue weighted by atomic mass is 28.4. The molecule has 1 aliphatic carbocycles. The lowest BCUT2D eigenvalue weighted by atomic mass is 9.68. The van der Waals surface area contributed by atoms with Gasteiger partial charge in [-0.15, -0.1) is 0 Å². The molecule has 0 aromatic carbocycles. The summed E-state index contributed by atoms with van der Waals surface area (Å²) in [5.74, 6) is -0.524. The van der Waals surface area contributed by atoms with Crippen molar-refractivity contribution in [2.24, 2.45) is 5.41 Å². The van der Waals surface area contributed by atoms with Gasteiger partial charge in [-0.05, 0) is 37.6 Å². The first-order chi connectivity index (χ1) is 9.84. The van der Waals surface area contributed by atoms with Crippen LogP contribution in [-0.4, -0.2) is 33.4 Å². The van der Waals surface area contributed by atoms with Crippen molar-refractivity contribution >= 4 is 8.32 Å². The standard InChI is InChI=1S/C18H34O3Si/c1-13-14(2)17(6,7)18(19-10-11-20-18)12-15(13)21-22(8,9)16(3,4)5/h15H,10-12H2,1-9H3/t15-/m1/s1. The highest BCUT2D eigenvalue weighted by molar-refractivity contribution is 6.74. The normalized spacial score (nSPS) is 28.5. The van der Waals surface area contributed by atoms with Gasteiger partial charge in [0.05, 0.1) is 19.3 Å². The lowest BCUT2D eigenvalue weighted by Gasteiger charge is -2.51. The van der Waals surface area contributed by atoms with E-state index in [1.54, 1.807) is 0 Å². The van der Waals surface area contributed by atoms with Crippen LogP contribution < -0.4 is 0 Å². The fourth-order valence-electron chi connectivity index (χ4n) is 3.27. The van der Waals surface area contributed by atoms with Crippen molar-refractivity contribution in [2.45, 2.75) is 84.9 Å². The third kappa shape index (κ3) is 2.72. The first kappa shape index (κ1) is 18.2. The lowest BCUT2D eigenvalue weighted by molar-refractivity contribution is -0.234. The maximum absolute atomic E-state index is 6.73. The predicted molar refractivity (Wildman–Crippen MR) is 93.5 cm³/mol. The van der Waals surface area contributed by atoms with Crippen molar-refractivity contribution in [3.8, 4) is 0 Å². The van der Waals surface area contributed by atoms with Gasteiger partial charge in [-0.3, -0.25) is 0 Å². The Morgan fingerprint density at radius 2 is 1.59 bits per heavy atom. The van der Waals surface area contributed by atoms with Crippen LogP contribution >= 0.6 is 0 Å². The van der Waals surface area contributed by atoms with Crippen LogP contribution in [0.1, 0.15) is 54.9 Å². The van der Waals surface area contributed by atoms with Crippen molar-refractivity contribution in [3.63, 3.8) is 0 Å². The minimum Gasteiger partial charge on any atom is -0.410 e. The van der Waals surface area contributed by atoms with E-state index in [-0.39, 0.29) is 16.6 Å². The summed E-state index contributed by atoms with van der Waals surface area (Å²) in [4.78, 5) is 0. The van der Waals surface area contributed by atoms with Crippen molar-refractivity contribution in [1.29, 1.82) is 0 Å². The summed E-state index contributed by atoms with van der Waals surface area (Å²) in [6, 6.07) is 0. The van der Waals surface area contributed by atoms with Crippen LogP contribution in [-0.2, 0) is 13.9 Å². The Hall–Kier alpha value is -0.163. The summed E-state index contributed by atoms with van der Waals surface area (Å²) in [6.45, 7) is 21.8. The molecule has 2 aliphatic rings. The summed E-state index contributed by atoms with van der Waals surface area (Å²) < 4.78 is 19.0. The molecular formula is C18H34O3Si. The molecule has 0 bridgehead atoms. The van der Waals surface area contributed by atoms with Crippen LogP contribution in [0.5, 0.6) is 0 Å². The van der Waals surface area contributed by atoms with Gasteiger partial charge in [0.1, 0.15) is 0 Å². The fraction of sp³-hybridized carbons (Fsp3) is 0.889. The lowest BCUT2D eigenvalue weighted by Crippen LogP contribution is -2.55. The Bertz CT molecular complexity index is 465. The molecule has 1 spiro atoms. The molecule has 4 heteroatoms. The van der Waals surface area contributed by atoms with Crippen LogP contribution in [0, 0.1) is 5.41 Å². The van der Waals surface area contributed by atoms with E-state index in [0.29, 0.717) is 13.2 Å². The van der Waals surface area contributed by atoms with Gasteiger partial charge in [0, 0.05) is 11.8 Å². The molecule has 0 aromatic rings. The molecule has 1 fully saturated rings. The molecule has 1 saturated heterocycles. The van der Waals surface area contributed by atoms with Gasteiger partial charge >= 0.3 is 0 Å². The molecular weight excluding hydrogens is 292 g/mol. The van der Waals surface area contributed by atoms with Crippen molar-refractivity contribution in [2.75, 3.05) is 13.2 Å². The smallest absolute Gasteiger partial charge is 0.192 e. The van der Waals surface area contributed by atoms with E-state index in [9.17, 15) is 0 Å². The maximum Gasteiger partial charge on any atom is 0.192 e. The second-order valence-electron chi connectivity index (χ2n) is 8.95. The first-order valence-corrected chi connectivity index (χ1v) is 11.4. The molecule has 0 radical (unpaired) electrons. The summed E-state index contributed by atoms with van der Waals surface area (Å²) in [6.07, 6.45) is 0.905. The Morgan fingerprint density at radius 3 is 2.05 bits per heavy atom. The topological polar surface area (TPSA) is 27.7 Å². The Balaban J connectivity index is 2.36. The van der Waals surface area contributed by atoms with Crippen LogP contribution in [0.15, 0.2) is 11.1 Å². The number of hydrogen-bond acceptors (Lipinski definition) is 3. The van der Waals surface area contributed by atoms with Gasteiger partial charge in [-0.25, -0.2) is 0 Å². The number of ether oxygens (including phenoxy) is 2. The SMILES string of the molecule is CC1=C(C)C(C)(C)C2(C[C@H]1O[Si](C)(C)C(C)(C)C)OCCO2. The molecule has 0 amide bonds. The quantitative estimate of drug-likeness (QED) is 0.534. The summed E-state index contributed by atoms with van der Waals surface area (Å²) in [7, 11) is -1.82. The van der Waals surface area contributed by atoms with Crippen LogP contribution in [0.3, 0.4) is 0 Å². The summed E-state index contributed by atoms with van der Waals surface area (Å²) >= 11 is 0. The third-order valence-electron chi connectivity index (χ3n) is 6.42. The molecule has 1 atom stereocenters. The van der Waals surface area contributed by atoms with Gasteiger partial charge < -0.3 is 13.9 Å². The zero-order valence-electron chi connectivity index (χ0n) is 15.9. The van der Waals surface area contributed by atoms with E-state index in [0.717, 1.165) is 6.42 Å². The van der Waals surface area contributed by atoms with E-state index in [4.69, 9.17) is 13.9 Å². The molecule has 1 aliphatic heterocycles. The highest BCUT2D eigenvalue weighted by Crippen LogP contribution is 2.53. The maximum atomic E-state index is 6.73. The molecule has 0 saturated carbocycles. The largest absolute Gasteiger partial charge is 0.410 e. The van der Waals surface area contributed by atoms with E-state index in [1.165, 1.54) is 11.1 Å². The van der Waals surface area contributed by atoms with Gasteiger partial charge in [-0.2, -0.15) is 0 Å². The van der Waals surface area contributed by atoms with Crippen LogP contribution in [0.4, 0.5) is 0 Å². The van der Waals surface area contributed by atoms with Crippen LogP contribution in [0.2, 0.25) is 18.1 Å². The van der Waals surface area contributed by atoms with Gasteiger partial charge in [0.15, 0.2) is 14.1 Å². The average Bonchev–Trinajstić information content (AvgIpc) is 2.83. The predicted octanol–water partition coefficient (Wildman–Crippen LogP) is 4.89. The highest BCUT2D eigenvalue weighted by Gasteiger charge is 2.56. The van der Waals surface area contributed by atoms with Crippen molar-refractivity contribution in [3.05, 3.63) is 11.1 Å². The van der Waals surface area contributed by atoms with Crippen molar-refractivity contribution < 1.29 is 13.9 Å². The number of hydrogen-bond donors (Lipinski definition) is 0. The van der Waals surface area contributed by atoms with Gasteiger partial charge in [0.25, 0.3) is 0 Å². The van der Waals surface area contributed by atoms with Crippen molar-refractivity contribution in [1.82, 2.24) is 0 Å².